The molecule has 0 spiro atoms. The van der Waals surface area contributed by atoms with Crippen LogP contribution in [0.4, 0.5) is 0 Å². The zero-order chi connectivity index (χ0) is 13.9. The number of aryl methyl sites for hydroxylation is 1. The van der Waals surface area contributed by atoms with Gasteiger partial charge in [0, 0.05) is 36.5 Å². The molecule has 1 nitrogen and oxygen atoms in total. The van der Waals surface area contributed by atoms with Crippen molar-refractivity contribution in [2.75, 3.05) is 6.54 Å². The molecule has 0 aromatic carbocycles. The molecule has 3 aromatic rings. The van der Waals surface area contributed by atoms with Crippen LogP contribution in [0.3, 0.4) is 0 Å². The number of nitrogens with one attached hydrogen (secondary N) is 1. The molecule has 0 aliphatic heterocycles. The summed E-state index contributed by atoms with van der Waals surface area (Å²) in [5, 5.41) is 5.83. The summed E-state index contributed by atoms with van der Waals surface area (Å²) >= 11 is 5.74. The van der Waals surface area contributed by atoms with E-state index in [0.29, 0.717) is 6.04 Å². The highest BCUT2D eigenvalue weighted by Crippen LogP contribution is 2.35. The molecule has 3 aromatic heterocycles. The van der Waals surface area contributed by atoms with E-state index in [0.717, 1.165) is 19.4 Å². The van der Waals surface area contributed by atoms with E-state index in [9.17, 15) is 0 Å². The first-order chi connectivity index (χ1) is 9.80. The Morgan fingerprint density at radius 1 is 1.05 bits per heavy atom. The van der Waals surface area contributed by atoms with Crippen molar-refractivity contribution in [3.05, 3.63) is 44.3 Å². The first-order valence-electron chi connectivity index (χ1n) is 7.08. The van der Waals surface area contributed by atoms with Crippen LogP contribution in [0.5, 0.6) is 0 Å². The molecule has 0 amide bonds. The molecule has 0 aliphatic carbocycles. The third-order valence-corrected chi connectivity index (χ3v) is 6.88. The highest BCUT2D eigenvalue weighted by atomic mass is 32.1. The maximum atomic E-state index is 3.65. The summed E-state index contributed by atoms with van der Waals surface area (Å²) < 4.78 is 2.85. The highest BCUT2D eigenvalue weighted by molar-refractivity contribution is 7.27. The standard InChI is InChI=1S/C16H19NS3/c1-3-11-5-6-12(19-11)9-13(17-4-2)15-10-16-14(20-15)7-8-18-16/h5-8,10,13,17H,3-4,9H2,1-2H3. The summed E-state index contributed by atoms with van der Waals surface area (Å²) in [6.45, 7) is 5.43. The topological polar surface area (TPSA) is 12.0 Å². The SMILES string of the molecule is CCNC(Cc1ccc(CC)s1)c1cc2sccc2s1. The molecule has 1 N–H and O–H groups in total. The van der Waals surface area contributed by atoms with Crippen molar-refractivity contribution in [1.29, 1.82) is 0 Å². The van der Waals surface area contributed by atoms with Gasteiger partial charge in [-0.25, -0.2) is 0 Å². The molecule has 20 heavy (non-hydrogen) atoms. The molecular formula is C16H19NS3. The van der Waals surface area contributed by atoms with E-state index in [1.165, 1.54) is 24.0 Å². The fourth-order valence-corrected chi connectivity index (χ4v) is 5.60. The second kappa shape index (κ2) is 6.39. The van der Waals surface area contributed by atoms with Crippen LogP contribution in [-0.4, -0.2) is 6.54 Å². The minimum Gasteiger partial charge on any atom is -0.309 e. The number of rotatable bonds is 6. The predicted octanol–water partition coefficient (Wildman–Crippen LogP) is 5.48. The Balaban J connectivity index is 1.82. The Labute approximate surface area is 132 Å². The summed E-state index contributed by atoms with van der Waals surface area (Å²) in [5.74, 6) is 0. The zero-order valence-electron chi connectivity index (χ0n) is 11.8. The Kier molecular flexibility index (Phi) is 4.56. The summed E-state index contributed by atoms with van der Waals surface area (Å²) in [7, 11) is 0. The van der Waals surface area contributed by atoms with Crippen molar-refractivity contribution in [2.24, 2.45) is 0 Å². The van der Waals surface area contributed by atoms with Gasteiger partial charge in [-0.15, -0.1) is 34.0 Å². The molecule has 0 saturated heterocycles. The predicted molar refractivity (Wildman–Crippen MR) is 93.5 cm³/mol. The lowest BCUT2D eigenvalue weighted by Crippen LogP contribution is -2.21. The average molecular weight is 322 g/mol. The number of thiophene rings is 3. The molecule has 1 atom stereocenters. The summed E-state index contributed by atoms with van der Waals surface area (Å²) in [6, 6.07) is 9.62. The van der Waals surface area contributed by atoms with Crippen LogP contribution in [0.25, 0.3) is 9.40 Å². The van der Waals surface area contributed by atoms with Gasteiger partial charge >= 0.3 is 0 Å². The second-order valence-electron chi connectivity index (χ2n) is 4.83. The summed E-state index contributed by atoms with van der Waals surface area (Å²) in [4.78, 5) is 4.45. The maximum absolute atomic E-state index is 3.65. The maximum Gasteiger partial charge on any atom is 0.0464 e. The first kappa shape index (κ1) is 14.3. The van der Waals surface area contributed by atoms with Gasteiger partial charge < -0.3 is 5.32 Å². The molecule has 0 aliphatic rings. The van der Waals surface area contributed by atoms with Crippen LogP contribution >= 0.6 is 34.0 Å². The molecule has 106 valence electrons. The Hall–Kier alpha value is -0.680. The van der Waals surface area contributed by atoms with Gasteiger partial charge in [0.25, 0.3) is 0 Å². The highest BCUT2D eigenvalue weighted by Gasteiger charge is 2.15. The number of hydrogen-bond acceptors (Lipinski definition) is 4. The molecule has 0 fully saturated rings. The minimum atomic E-state index is 0.452. The van der Waals surface area contributed by atoms with Gasteiger partial charge in [0.1, 0.15) is 0 Å². The van der Waals surface area contributed by atoms with E-state index in [1.54, 1.807) is 0 Å². The van der Waals surface area contributed by atoms with E-state index >= 15 is 0 Å². The van der Waals surface area contributed by atoms with Crippen LogP contribution in [0.1, 0.15) is 34.5 Å². The normalized spacial score (nSPS) is 13.1. The Bertz CT molecular complexity index is 648. The Morgan fingerprint density at radius 2 is 1.90 bits per heavy atom. The van der Waals surface area contributed by atoms with Crippen molar-refractivity contribution < 1.29 is 0 Å². The van der Waals surface area contributed by atoms with Gasteiger partial charge in [-0.3, -0.25) is 0 Å². The van der Waals surface area contributed by atoms with Crippen LogP contribution in [0.2, 0.25) is 0 Å². The van der Waals surface area contributed by atoms with E-state index < -0.39 is 0 Å². The molecule has 1 unspecified atom stereocenters. The van der Waals surface area contributed by atoms with Crippen LogP contribution in [0, 0.1) is 0 Å². The zero-order valence-corrected chi connectivity index (χ0v) is 14.3. The van der Waals surface area contributed by atoms with Gasteiger partial charge in [-0.05, 0) is 42.6 Å². The summed E-state index contributed by atoms with van der Waals surface area (Å²) in [5.41, 5.74) is 0. The van der Waals surface area contributed by atoms with Crippen molar-refractivity contribution in [2.45, 2.75) is 32.7 Å². The molecule has 4 heteroatoms. The van der Waals surface area contributed by atoms with E-state index in [-0.39, 0.29) is 0 Å². The number of fused-ring (bicyclic) bond motifs is 1. The third kappa shape index (κ3) is 2.98. The summed E-state index contributed by atoms with van der Waals surface area (Å²) in [6.07, 6.45) is 2.25. The molecule has 0 saturated carbocycles. The van der Waals surface area contributed by atoms with Gasteiger partial charge in [0.2, 0.25) is 0 Å². The lowest BCUT2D eigenvalue weighted by atomic mass is 10.1. The van der Waals surface area contributed by atoms with Crippen molar-refractivity contribution in [3.8, 4) is 0 Å². The van der Waals surface area contributed by atoms with E-state index in [1.807, 2.05) is 34.0 Å². The quantitative estimate of drug-likeness (QED) is 0.634. The minimum absolute atomic E-state index is 0.452. The largest absolute Gasteiger partial charge is 0.309 e. The molecule has 3 rings (SSSR count). The van der Waals surface area contributed by atoms with Gasteiger partial charge in [-0.1, -0.05) is 13.8 Å². The van der Waals surface area contributed by atoms with Crippen LogP contribution < -0.4 is 5.32 Å². The monoisotopic (exact) mass is 321 g/mol. The average Bonchev–Trinajstić information content (AvgIpc) is 3.13. The van der Waals surface area contributed by atoms with Gasteiger partial charge in [0.05, 0.1) is 0 Å². The van der Waals surface area contributed by atoms with E-state index in [4.69, 9.17) is 0 Å². The first-order valence-corrected chi connectivity index (χ1v) is 9.59. The van der Waals surface area contributed by atoms with Crippen LogP contribution in [-0.2, 0) is 12.8 Å². The van der Waals surface area contributed by atoms with Gasteiger partial charge in [-0.2, -0.15) is 0 Å². The third-order valence-electron chi connectivity index (χ3n) is 3.42. The van der Waals surface area contributed by atoms with Crippen molar-refractivity contribution in [1.82, 2.24) is 5.32 Å². The molecular weight excluding hydrogens is 302 g/mol. The Morgan fingerprint density at radius 3 is 2.60 bits per heavy atom. The fraction of sp³-hybridized carbons (Fsp3) is 0.375. The van der Waals surface area contributed by atoms with Crippen LogP contribution in [0.15, 0.2) is 29.6 Å². The molecule has 3 heterocycles. The smallest absolute Gasteiger partial charge is 0.0464 e. The lowest BCUT2D eigenvalue weighted by molar-refractivity contribution is 0.562. The number of likely N-dealkylation sites (N-methyl/N-ethyl adjacent to an activating group) is 1. The van der Waals surface area contributed by atoms with Crippen molar-refractivity contribution in [3.63, 3.8) is 0 Å². The fourth-order valence-electron chi connectivity index (χ4n) is 2.40. The second-order valence-corrected chi connectivity index (χ2v) is 8.15. The lowest BCUT2D eigenvalue weighted by Gasteiger charge is -2.15. The van der Waals surface area contributed by atoms with Crippen molar-refractivity contribution >= 4 is 43.4 Å². The van der Waals surface area contributed by atoms with E-state index in [2.05, 4.69) is 48.8 Å². The number of hydrogen-bond donors (Lipinski definition) is 1. The molecule has 0 bridgehead atoms. The van der Waals surface area contributed by atoms with Gasteiger partial charge in [0.15, 0.2) is 0 Å². The molecule has 0 radical (unpaired) electrons.